The largest absolute Gasteiger partial charge is 0.350 e. The highest BCUT2D eigenvalue weighted by molar-refractivity contribution is 7.20. The van der Waals surface area contributed by atoms with Gasteiger partial charge < -0.3 is 4.57 Å². The molecular formula is C18H11FN4OS2. The second kappa shape index (κ2) is 5.58. The summed E-state index contributed by atoms with van der Waals surface area (Å²) in [5.41, 5.74) is 3.01. The number of aryl methyl sites for hydroxylation is 1. The van der Waals surface area contributed by atoms with E-state index in [1.165, 1.54) is 34.1 Å². The second-order valence-corrected chi connectivity index (χ2v) is 7.64. The fourth-order valence-electron chi connectivity index (χ4n) is 3.01. The summed E-state index contributed by atoms with van der Waals surface area (Å²) in [6.07, 6.45) is 1.90. The van der Waals surface area contributed by atoms with Gasteiger partial charge in [0.25, 0.3) is 5.56 Å². The zero-order valence-electron chi connectivity index (χ0n) is 13.5. The van der Waals surface area contributed by atoms with Crippen LogP contribution in [0.15, 0.2) is 52.1 Å². The lowest BCUT2D eigenvalue weighted by atomic mass is 10.2. The van der Waals surface area contributed by atoms with Crippen molar-refractivity contribution in [3.8, 4) is 21.8 Å². The number of halogens is 1. The first-order valence-corrected chi connectivity index (χ1v) is 9.54. The number of hydrogen-bond donors (Lipinski definition) is 0. The fraction of sp³-hybridized carbons (Fsp3) is 0.0556. The molecule has 0 saturated carbocycles. The van der Waals surface area contributed by atoms with Crippen LogP contribution in [0.5, 0.6) is 0 Å². The number of fused-ring (bicyclic) bond motifs is 2. The quantitative estimate of drug-likeness (QED) is 0.460. The van der Waals surface area contributed by atoms with Crippen LogP contribution >= 0.6 is 22.7 Å². The molecule has 0 amide bonds. The molecule has 0 aliphatic rings. The summed E-state index contributed by atoms with van der Waals surface area (Å²) in [4.78, 5) is 17.6. The van der Waals surface area contributed by atoms with E-state index in [0.717, 1.165) is 22.0 Å². The summed E-state index contributed by atoms with van der Waals surface area (Å²) < 4.78 is 16.9. The Morgan fingerprint density at radius 1 is 1.19 bits per heavy atom. The normalized spacial score (nSPS) is 11.6. The first kappa shape index (κ1) is 15.4. The highest BCUT2D eigenvalue weighted by atomic mass is 32.1. The lowest BCUT2D eigenvalue weighted by Crippen LogP contribution is -2.13. The maximum atomic E-state index is 13.7. The summed E-state index contributed by atoms with van der Waals surface area (Å²) in [7, 11) is 1.90. The Morgan fingerprint density at radius 2 is 2.08 bits per heavy atom. The molecule has 4 aromatic heterocycles. The van der Waals surface area contributed by atoms with Crippen molar-refractivity contribution in [2.45, 2.75) is 0 Å². The maximum absolute atomic E-state index is 13.7. The number of nitrogens with zero attached hydrogens (tertiary/aromatic N) is 4. The van der Waals surface area contributed by atoms with E-state index in [1.54, 1.807) is 17.4 Å². The molecule has 26 heavy (non-hydrogen) atoms. The van der Waals surface area contributed by atoms with Crippen molar-refractivity contribution in [2.75, 3.05) is 0 Å². The number of benzene rings is 1. The van der Waals surface area contributed by atoms with Crippen molar-refractivity contribution in [1.29, 1.82) is 0 Å². The van der Waals surface area contributed by atoms with Crippen molar-refractivity contribution in [3.63, 3.8) is 0 Å². The molecular weight excluding hydrogens is 371 g/mol. The Morgan fingerprint density at radius 3 is 2.88 bits per heavy atom. The van der Waals surface area contributed by atoms with Gasteiger partial charge in [-0.2, -0.15) is 21.0 Å². The third-order valence-electron chi connectivity index (χ3n) is 4.24. The summed E-state index contributed by atoms with van der Waals surface area (Å²) >= 11 is 2.87. The molecule has 0 N–H and O–H groups in total. The lowest BCUT2D eigenvalue weighted by Gasteiger charge is -1.95. The summed E-state index contributed by atoms with van der Waals surface area (Å²) in [5.74, 6) is -0.305. The van der Waals surface area contributed by atoms with Gasteiger partial charge in [0.2, 0.25) is 4.96 Å². The van der Waals surface area contributed by atoms with Crippen LogP contribution in [0.3, 0.4) is 0 Å². The molecule has 0 aliphatic heterocycles. The molecule has 4 heterocycles. The number of thiophene rings is 1. The molecule has 5 rings (SSSR count). The Balaban J connectivity index is 1.75. The minimum atomic E-state index is -0.305. The minimum absolute atomic E-state index is 0.231. The predicted octanol–water partition coefficient (Wildman–Crippen LogP) is 4.18. The van der Waals surface area contributed by atoms with Gasteiger partial charge in [-0.15, -0.1) is 0 Å². The van der Waals surface area contributed by atoms with E-state index in [-0.39, 0.29) is 11.4 Å². The average Bonchev–Trinajstić information content (AvgIpc) is 3.33. The van der Waals surface area contributed by atoms with E-state index in [2.05, 4.69) is 10.1 Å². The zero-order valence-corrected chi connectivity index (χ0v) is 15.1. The molecule has 0 saturated heterocycles. The molecule has 0 atom stereocenters. The van der Waals surface area contributed by atoms with Crippen LogP contribution in [0.2, 0.25) is 0 Å². The molecule has 0 fully saturated rings. The topological polar surface area (TPSA) is 52.2 Å². The smallest absolute Gasteiger partial charge is 0.275 e. The van der Waals surface area contributed by atoms with Crippen molar-refractivity contribution >= 4 is 38.5 Å². The van der Waals surface area contributed by atoms with Crippen LogP contribution in [0.1, 0.15) is 0 Å². The first-order chi connectivity index (χ1) is 12.6. The number of aromatic nitrogens is 4. The molecule has 5 aromatic rings. The van der Waals surface area contributed by atoms with Gasteiger partial charge in [0.1, 0.15) is 10.8 Å². The van der Waals surface area contributed by atoms with Crippen molar-refractivity contribution in [2.24, 2.45) is 7.05 Å². The van der Waals surface area contributed by atoms with E-state index in [1.807, 2.05) is 34.6 Å². The van der Waals surface area contributed by atoms with Gasteiger partial charge >= 0.3 is 0 Å². The third-order valence-corrected chi connectivity index (χ3v) is 5.87. The molecule has 8 heteroatoms. The van der Waals surface area contributed by atoms with Gasteiger partial charge in [-0.3, -0.25) is 4.79 Å². The van der Waals surface area contributed by atoms with E-state index >= 15 is 0 Å². The maximum Gasteiger partial charge on any atom is 0.275 e. The number of hydrogen-bond acceptors (Lipinski definition) is 5. The molecule has 128 valence electrons. The third kappa shape index (κ3) is 2.30. The molecule has 0 unspecified atom stereocenters. The molecule has 0 radical (unpaired) electrons. The van der Waals surface area contributed by atoms with Crippen LogP contribution in [0, 0.1) is 5.82 Å². The van der Waals surface area contributed by atoms with Gasteiger partial charge in [0.05, 0.1) is 5.69 Å². The van der Waals surface area contributed by atoms with Gasteiger partial charge in [-0.1, -0.05) is 11.3 Å². The zero-order chi connectivity index (χ0) is 17.8. The highest BCUT2D eigenvalue weighted by Gasteiger charge is 2.16. The standard InChI is InChI=1S/C18H11FN4OS2/c1-22-8-13(12-6-11(19)2-3-15(12)22)17-21-23-16(24)7-14(20-18(23)26-17)10-4-5-25-9-10/h2-9H,1H3. The summed E-state index contributed by atoms with van der Waals surface area (Å²) in [6.45, 7) is 0. The van der Waals surface area contributed by atoms with Crippen molar-refractivity contribution < 1.29 is 4.39 Å². The Labute approximate surface area is 154 Å². The summed E-state index contributed by atoms with van der Waals surface area (Å²) in [6, 6.07) is 8.08. The average molecular weight is 382 g/mol. The fourth-order valence-corrected chi connectivity index (χ4v) is 4.59. The lowest BCUT2D eigenvalue weighted by molar-refractivity contribution is 0.629. The highest BCUT2D eigenvalue weighted by Crippen LogP contribution is 2.33. The SMILES string of the molecule is Cn1cc(-c2nn3c(=O)cc(-c4ccsc4)nc3s2)c2cc(F)ccc21. The predicted molar refractivity (Wildman–Crippen MR) is 102 cm³/mol. The second-order valence-electron chi connectivity index (χ2n) is 5.91. The van der Waals surface area contributed by atoms with Crippen LogP contribution < -0.4 is 5.56 Å². The van der Waals surface area contributed by atoms with Crippen molar-refractivity contribution in [1.82, 2.24) is 19.2 Å². The molecule has 5 nitrogen and oxygen atoms in total. The van der Waals surface area contributed by atoms with Crippen LogP contribution in [0.4, 0.5) is 4.39 Å². The minimum Gasteiger partial charge on any atom is -0.350 e. The Bertz CT molecular complexity index is 1330. The Hall–Kier alpha value is -2.84. The van der Waals surface area contributed by atoms with Crippen LogP contribution in [-0.4, -0.2) is 19.2 Å². The monoisotopic (exact) mass is 382 g/mol. The van der Waals surface area contributed by atoms with E-state index in [4.69, 9.17) is 0 Å². The first-order valence-electron chi connectivity index (χ1n) is 7.78. The van der Waals surface area contributed by atoms with E-state index < -0.39 is 0 Å². The molecule has 0 aliphatic carbocycles. The van der Waals surface area contributed by atoms with Crippen LogP contribution in [-0.2, 0) is 7.05 Å². The van der Waals surface area contributed by atoms with Crippen molar-refractivity contribution in [3.05, 3.63) is 63.5 Å². The van der Waals surface area contributed by atoms with Gasteiger partial charge in [-0.25, -0.2) is 9.37 Å². The molecule has 0 bridgehead atoms. The Kier molecular flexibility index (Phi) is 3.31. The van der Waals surface area contributed by atoms with Gasteiger partial charge in [0, 0.05) is 46.7 Å². The van der Waals surface area contributed by atoms with Crippen LogP contribution in [0.25, 0.3) is 37.7 Å². The van der Waals surface area contributed by atoms with E-state index in [9.17, 15) is 9.18 Å². The van der Waals surface area contributed by atoms with E-state index in [0.29, 0.717) is 15.7 Å². The molecule has 1 aromatic carbocycles. The molecule has 0 spiro atoms. The van der Waals surface area contributed by atoms with Gasteiger partial charge in [-0.05, 0) is 29.6 Å². The van der Waals surface area contributed by atoms with Gasteiger partial charge in [0.15, 0.2) is 0 Å². The summed E-state index contributed by atoms with van der Waals surface area (Å²) in [5, 5.41) is 9.72. The number of rotatable bonds is 2.